The van der Waals surface area contributed by atoms with Gasteiger partial charge in [0.1, 0.15) is 0 Å². The van der Waals surface area contributed by atoms with Crippen LogP contribution in [0.1, 0.15) is 10.6 Å². The Morgan fingerprint density at radius 1 is 1.21 bits per heavy atom. The summed E-state index contributed by atoms with van der Waals surface area (Å²) in [5.74, 6) is 0.494. The Morgan fingerprint density at radius 3 is 2.42 bits per heavy atom. The van der Waals surface area contributed by atoms with Crippen LogP contribution >= 0.6 is 11.8 Å². The van der Waals surface area contributed by atoms with Gasteiger partial charge in [-0.05, 0) is 36.4 Å². The third-order valence-electron chi connectivity index (χ3n) is 2.42. The molecule has 100 valence electrons. The minimum absolute atomic E-state index is 0.0952. The highest BCUT2D eigenvalue weighted by Gasteiger charge is 2.10. The summed E-state index contributed by atoms with van der Waals surface area (Å²) >= 11 is 1.34. The van der Waals surface area contributed by atoms with E-state index in [1.807, 2.05) is 0 Å². The number of thioether (sulfide) groups is 1. The number of rotatable bonds is 5. The lowest BCUT2D eigenvalue weighted by molar-refractivity contribution is 0.0992. The molecule has 0 radical (unpaired) electrons. The molecule has 0 spiro atoms. The molecule has 0 aliphatic rings. The van der Waals surface area contributed by atoms with E-state index in [0.717, 1.165) is 11.2 Å². The molecule has 0 amide bonds. The molecule has 1 heterocycles. The summed E-state index contributed by atoms with van der Waals surface area (Å²) < 4.78 is 27.6. The van der Waals surface area contributed by atoms with E-state index in [9.17, 15) is 13.2 Å². The van der Waals surface area contributed by atoms with Gasteiger partial charge in [-0.1, -0.05) is 0 Å². The maximum Gasteiger partial charge on any atom is 0.208 e. The number of furan rings is 1. The van der Waals surface area contributed by atoms with Gasteiger partial charge < -0.3 is 4.42 Å². The van der Waals surface area contributed by atoms with Crippen molar-refractivity contribution in [2.45, 2.75) is 9.79 Å². The zero-order chi connectivity index (χ0) is 13.9. The molecule has 0 unspecified atom stereocenters. The fourth-order valence-corrected chi connectivity index (χ4v) is 2.84. The molecule has 19 heavy (non-hydrogen) atoms. The molecule has 1 aromatic heterocycles. The Balaban J connectivity index is 1.99. The molecule has 1 aromatic carbocycles. The highest BCUT2D eigenvalue weighted by atomic mass is 32.2. The second kappa shape index (κ2) is 5.63. The highest BCUT2D eigenvalue weighted by molar-refractivity contribution is 8.00. The van der Waals surface area contributed by atoms with Gasteiger partial charge in [0.05, 0.1) is 16.9 Å². The topological polar surface area (TPSA) is 64.3 Å². The van der Waals surface area contributed by atoms with Crippen molar-refractivity contribution >= 4 is 27.4 Å². The van der Waals surface area contributed by atoms with Gasteiger partial charge in [-0.3, -0.25) is 4.79 Å². The van der Waals surface area contributed by atoms with Gasteiger partial charge in [-0.2, -0.15) is 0 Å². The third-order valence-corrected chi connectivity index (χ3v) is 4.56. The van der Waals surface area contributed by atoms with Gasteiger partial charge >= 0.3 is 0 Å². The van der Waals surface area contributed by atoms with Crippen molar-refractivity contribution in [1.82, 2.24) is 0 Å². The molecule has 0 N–H and O–H groups in total. The average molecular weight is 296 g/mol. The summed E-state index contributed by atoms with van der Waals surface area (Å²) in [5.41, 5.74) is 0. The molecule has 0 aliphatic carbocycles. The number of carbonyl (C=O) groups excluding carboxylic acids is 1. The lowest BCUT2D eigenvalue weighted by Crippen LogP contribution is -2.00. The van der Waals surface area contributed by atoms with Gasteiger partial charge in [0.2, 0.25) is 5.78 Å². The molecule has 0 atom stereocenters. The predicted molar refractivity (Wildman–Crippen MR) is 73.3 cm³/mol. The van der Waals surface area contributed by atoms with Crippen LogP contribution in [0, 0.1) is 0 Å². The fraction of sp³-hybridized carbons (Fsp3) is 0.154. The Labute approximate surface area is 115 Å². The van der Waals surface area contributed by atoms with Gasteiger partial charge in [0.25, 0.3) is 0 Å². The van der Waals surface area contributed by atoms with E-state index < -0.39 is 9.84 Å². The average Bonchev–Trinajstić information content (AvgIpc) is 2.89. The lowest BCUT2D eigenvalue weighted by atomic mass is 10.3. The van der Waals surface area contributed by atoms with E-state index in [1.54, 1.807) is 24.3 Å². The summed E-state index contributed by atoms with van der Waals surface area (Å²) in [4.78, 5) is 12.8. The van der Waals surface area contributed by atoms with Gasteiger partial charge in [0.15, 0.2) is 15.6 Å². The summed E-state index contributed by atoms with van der Waals surface area (Å²) in [7, 11) is -3.18. The number of ketones is 1. The number of benzene rings is 1. The Hall–Kier alpha value is -1.53. The summed E-state index contributed by atoms with van der Waals surface area (Å²) in [6, 6.07) is 9.74. The number of Topliss-reactive ketones (excluding diaryl/α,β-unsaturated/α-hetero) is 1. The van der Waals surface area contributed by atoms with E-state index in [2.05, 4.69) is 0 Å². The van der Waals surface area contributed by atoms with Crippen LogP contribution in [0.2, 0.25) is 0 Å². The number of hydrogen-bond acceptors (Lipinski definition) is 5. The first-order chi connectivity index (χ1) is 8.97. The molecule has 0 saturated heterocycles. The van der Waals surface area contributed by atoms with Crippen LogP contribution in [0.4, 0.5) is 0 Å². The number of sulfone groups is 1. The van der Waals surface area contributed by atoms with E-state index in [1.165, 1.54) is 30.2 Å². The SMILES string of the molecule is CS(=O)(=O)c1ccc(SCC(=O)c2ccco2)cc1. The van der Waals surface area contributed by atoms with E-state index in [0.29, 0.717) is 5.76 Å². The molecule has 4 nitrogen and oxygen atoms in total. The van der Waals surface area contributed by atoms with Gasteiger partial charge in [-0.25, -0.2) is 8.42 Å². The molecule has 0 bridgehead atoms. The van der Waals surface area contributed by atoms with Crippen LogP contribution in [-0.2, 0) is 9.84 Å². The summed E-state index contributed by atoms with van der Waals surface area (Å²) in [6.45, 7) is 0. The molecule has 2 rings (SSSR count). The minimum Gasteiger partial charge on any atom is -0.461 e. The molecule has 0 saturated carbocycles. The molecule has 0 fully saturated rings. The van der Waals surface area contributed by atoms with Crippen LogP contribution in [0.3, 0.4) is 0 Å². The maximum absolute atomic E-state index is 11.7. The van der Waals surface area contributed by atoms with Crippen molar-refractivity contribution in [3.63, 3.8) is 0 Å². The van der Waals surface area contributed by atoms with Crippen LogP contribution in [0.25, 0.3) is 0 Å². The molecular weight excluding hydrogens is 284 g/mol. The second-order valence-corrected chi connectivity index (χ2v) is 7.00. The van der Waals surface area contributed by atoms with Crippen molar-refractivity contribution < 1.29 is 17.6 Å². The third kappa shape index (κ3) is 3.71. The van der Waals surface area contributed by atoms with E-state index in [4.69, 9.17) is 4.42 Å². The van der Waals surface area contributed by atoms with Crippen molar-refractivity contribution in [3.05, 3.63) is 48.4 Å². The van der Waals surface area contributed by atoms with Crippen LogP contribution in [-0.4, -0.2) is 26.2 Å². The smallest absolute Gasteiger partial charge is 0.208 e. The first-order valence-corrected chi connectivity index (χ1v) is 8.34. The predicted octanol–water partition coefficient (Wildman–Crippen LogP) is 2.66. The second-order valence-electron chi connectivity index (χ2n) is 3.93. The number of hydrogen-bond donors (Lipinski definition) is 0. The van der Waals surface area contributed by atoms with Crippen LogP contribution < -0.4 is 0 Å². The minimum atomic E-state index is -3.18. The first-order valence-electron chi connectivity index (χ1n) is 5.46. The maximum atomic E-state index is 11.7. The Morgan fingerprint density at radius 2 is 1.89 bits per heavy atom. The molecule has 6 heteroatoms. The summed E-state index contributed by atoms with van der Waals surface area (Å²) in [5, 5.41) is 0. The van der Waals surface area contributed by atoms with Crippen LogP contribution in [0.5, 0.6) is 0 Å². The quantitative estimate of drug-likeness (QED) is 0.627. The molecular formula is C13H12O4S2. The normalized spacial score (nSPS) is 11.4. The van der Waals surface area contributed by atoms with Crippen molar-refractivity contribution in [3.8, 4) is 0 Å². The van der Waals surface area contributed by atoms with Crippen molar-refractivity contribution in [1.29, 1.82) is 0 Å². The fourth-order valence-electron chi connectivity index (χ4n) is 1.44. The Kier molecular flexibility index (Phi) is 4.11. The lowest BCUT2D eigenvalue weighted by Gasteiger charge is -2.02. The molecule has 2 aromatic rings. The van der Waals surface area contributed by atoms with Crippen molar-refractivity contribution in [2.24, 2.45) is 0 Å². The van der Waals surface area contributed by atoms with Crippen LogP contribution in [0.15, 0.2) is 56.9 Å². The number of carbonyl (C=O) groups is 1. The Bertz CT molecular complexity index is 655. The zero-order valence-corrected chi connectivity index (χ0v) is 11.8. The first kappa shape index (κ1) is 13.9. The highest BCUT2D eigenvalue weighted by Crippen LogP contribution is 2.21. The monoisotopic (exact) mass is 296 g/mol. The summed E-state index contributed by atoms with van der Waals surface area (Å²) in [6.07, 6.45) is 2.62. The van der Waals surface area contributed by atoms with Gasteiger partial charge in [0, 0.05) is 11.2 Å². The molecule has 0 aliphatic heterocycles. The van der Waals surface area contributed by atoms with Crippen molar-refractivity contribution in [2.75, 3.05) is 12.0 Å². The largest absolute Gasteiger partial charge is 0.461 e. The zero-order valence-electron chi connectivity index (χ0n) is 10.2. The van der Waals surface area contributed by atoms with E-state index in [-0.39, 0.29) is 16.4 Å². The standard InChI is InChI=1S/C13H12O4S2/c1-19(15,16)11-6-4-10(5-7-11)18-9-12(14)13-3-2-8-17-13/h2-8H,9H2,1H3. The van der Waals surface area contributed by atoms with E-state index >= 15 is 0 Å². The van der Waals surface area contributed by atoms with Gasteiger partial charge in [-0.15, -0.1) is 11.8 Å².